The first-order valence-electron chi connectivity index (χ1n) is 7.60. The molecule has 0 saturated heterocycles. The lowest BCUT2D eigenvalue weighted by atomic mass is 10.0. The summed E-state index contributed by atoms with van der Waals surface area (Å²) in [5.74, 6) is 1.13. The van der Waals surface area contributed by atoms with E-state index in [0.717, 1.165) is 28.1 Å². The van der Waals surface area contributed by atoms with Gasteiger partial charge in [-0.15, -0.1) is 0 Å². The predicted octanol–water partition coefficient (Wildman–Crippen LogP) is 3.99. The second-order valence-electron chi connectivity index (χ2n) is 5.82. The molecule has 4 heteroatoms. The highest BCUT2D eigenvalue weighted by atomic mass is 16.5. The van der Waals surface area contributed by atoms with Gasteiger partial charge in [0.25, 0.3) is 0 Å². The van der Waals surface area contributed by atoms with Crippen molar-refractivity contribution in [3.63, 3.8) is 0 Å². The van der Waals surface area contributed by atoms with Gasteiger partial charge in [0.05, 0.1) is 12.2 Å². The van der Waals surface area contributed by atoms with Gasteiger partial charge in [-0.1, -0.05) is 41.6 Å². The molecule has 0 aliphatic rings. The summed E-state index contributed by atoms with van der Waals surface area (Å²) < 4.78 is 5.24. The van der Waals surface area contributed by atoms with Crippen LogP contribution in [0.4, 0.5) is 0 Å². The van der Waals surface area contributed by atoms with Gasteiger partial charge >= 0.3 is 0 Å². The molecule has 0 amide bonds. The summed E-state index contributed by atoms with van der Waals surface area (Å²) in [6.45, 7) is 3.18. The van der Waals surface area contributed by atoms with E-state index < -0.39 is 0 Å². The van der Waals surface area contributed by atoms with Crippen molar-refractivity contribution in [3.05, 3.63) is 71.6 Å². The largest absolute Gasteiger partial charge is 0.508 e. The number of hydrogen-bond acceptors (Lipinski definition) is 4. The third-order valence-electron chi connectivity index (χ3n) is 3.73. The molecule has 0 radical (unpaired) electrons. The van der Waals surface area contributed by atoms with Gasteiger partial charge in [0.15, 0.2) is 5.76 Å². The zero-order chi connectivity index (χ0) is 16.2. The maximum atomic E-state index is 10.1. The molecule has 1 N–H and O–H groups in total. The van der Waals surface area contributed by atoms with Gasteiger partial charge < -0.3 is 9.63 Å². The summed E-state index contributed by atoms with van der Waals surface area (Å²) in [4.78, 5) is 2.09. The smallest absolute Gasteiger partial charge is 0.150 e. The SMILES string of the molecule is Cc1cc(CN(C)Cc2cc(-c3ccccc3)ccc2O)on1. The highest BCUT2D eigenvalue weighted by Gasteiger charge is 2.10. The van der Waals surface area contributed by atoms with Crippen LogP contribution < -0.4 is 0 Å². The normalized spacial score (nSPS) is 11.1. The Morgan fingerprint density at radius 3 is 2.48 bits per heavy atom. The molecule has 23 heavy (non-hydrogen) atoms. The Morgan fingerprint density at radius 1 is 1.00 bits per heavy atom. The molecule has 1 heterocycles. The molecular weight excluding hydrogens is 288 g/mol. The molecule has 0 aliphatic carbocycles. The number of rotatable bonds is 5. The predicted molar refractivity (Wildman–Crippen MR) is 90.0 cm³/mol. The van der Waals surface area contributed by atoms with E-state index in [-0.39, 0.29) is 0 Å². The maximum absolute atomic E-state index is 10.1. The van der Waals surface area contributed by atoms with Crippen LogP contribution >= 0.6 is 0 Å². The van der Waals surface area contributed by atoms with Crippen molar-refractivity contribution < 1.29 is 9.63 Å². The molecule has 4 nitrogen and oxygen atoms in total. The van der Waals surface area contributed by atoms with E-state index in [1.54, 1.807) is 6.07 Å². The lowest BCUT2D eigenvalue weighted by Crippen LogP contribution is -2.17. The van der Waals surface area contributed by atoms with Crippen molar-refractivity contribution in [1.29, 1.82) is 0 Å². The van der Waals surface area contributed by atoms with Crippen LogP contribution in [0.25, 0.3) is 11.1 Å². The lowest BCUT2D eigenvalue weighted by molar-refractivity contribution is 0.263. The van der Waals surface area contributed by atoms with Gasteiger partial charge in [-0.3, -0.25) is 4.90 Å². The fraction of sp³-hybridized carbons (Fsp3) is 0.211. The highest BCUT2D eigenvalue weighted by Crippen LogP contribution is 2.27. The summed E-state index contributed by atoms with van der Waals surface area (Å²) in [6, 6.07) is 17.8. The Bertz CT molecular complexity index is 781. The van der Waals surface area contributed by atoms with Gasteiger partial charge in [-0.05, 0) is 37.2 Å². The van der Waals surface area contributed by atoms with Crippen LogP contribution in [0.15, 0.2) is 59.1 Å². The molecule has 118 valence electrons. The third-order valence-corrected chi connectivity index (χ3v) is 3.73. The number of nitrogens with zero attached hydrogens (tertiary/aromatic N) is 2. The van der Waals surface area contributed by atoms with Crippen LogP contribution in [0.1, 0.15) is 17.0 Å². The van der Waals surface area contributed by atoms with Gasteiger partial charge in [-0.25, -0.2) is 0 Å². The minimum Gasteiger partial charge on any atom is -0.508 e. The summed E-state index contributed by atoms with van der Waals surface area (Å²) in [6.07, 6.45) is 0. The van der Waals surface area contributed by atoms with E-state index >= 15 is 0 Å². The topological polar surface area (TPSA) is 49.5 Å². The minimum absolute atomic E-state index is 0.310. The number of hydrogen-bond donors (Lipinski definition) is 1. The number of phenols is 1. The molecule has 0 atom stereocenters. The zero-order valence-corrected chi connectivity index (χ0v) is 13.4. The summed E-state index contributed by atoms with van der Waals surface area (Å²) >= 11 is 0. The van der Waals surface area contributed by atoms with Crippen molar-refractivity contribution in [2.45, 2.75) is 20.0 Å². The highest BCUT2D eigenvalue weighted by molar-refractivity contribution is 5.65. The van der Waals surface area contributed by atoms with Crippen molar-refractivity contribution in [3.8, 4) is 16.9 Å². The van der Waals surface area contributed by atoms with E-state index in [9.17, 15) is 5.11 Å². The monoisotopic (exact) mass is 308 g/mol. The first-order valence-corrected chi connectivity index (χ1v) is 7.60. The summed E-state index contributed by atoms with van der Waals surface area (Å²) in [7, 11) is 1.99. The molecule has 0 aliphatic heterocycles. The van der Waals surface area contributed by atoms with Crippen LogP contribution in [0.3, 0.4) is 0 Å². The lowest BCUT2D eigenvalue weighted by Gasteiger charge is -2.16. The number of aromatic nitrogens is 1. The molecule has 3 rings (SSSR count). The first-order chi connectivity index (χ1) is 11.1. The maximum Gasteiger partial charge on any atom is 0.150 e. The van der Waals surface area contributed by atoms with E-state index in [4.69, 9.17) is 4.52 Å². The molecule has 0 unspecified atom stereocenters. The van der Waals surface area contributed by atoms with Crippen LogP contribution in [0.5, 0.6) is 5.75 Å². The minimum atomic E-state index is 0.310. The number of phenolic OH excluding ortho intramolecular Hbond substituents is 1. The molecule has 1 aromatic heterocycles. The average molecular weight is 308 g/mol. The van der Waals surface area contributed by atoms with Crippen molar-refractivity contribution in [2.75, 3.05) is 7.05 Å². The van der Waals surface area contributed by atoms with E-state index in [2.05, 4.69) is 22.2 Å². The van der Waals surface area contributed by atoms with Crippen molar-refractivity contribution in [1.82, 2.24) is 10.1 Å². The second-order valence-corrected chi connectivity index (χ2v) is 5.82. The Morgan fingerprint density at radius 2 is 1.78 bits per heavy atom. The van der Waals surface area contributed by atoms with Crippen LogP contribution in [-0.2, 0) is 13.1 Å². The molecule has 0 bridgehead atoms. The van der Waals surface area contributed by atoms with E-state index in [1.165, 1.54) is 0 Å². The van der Waals surface area contributed by atoms with E-state index in [0.29, 0.717) is 18.8 Å². The van der Waals surface area contributed by atoms with Gasteiger partial charge in [-0.2, -0.15) is 0 Å². The number of aryl methyl sites for hydroxylation is 1. The van der Waals surface area contributed by atoms with Gasteiger partial charge in [0, 0.05) is 18.2 Å². The second kappa shape index (κ2) is 6.67. The molecular formula is C19H20N2O2. The van der Waals surface area contributed by atoms with Crippen molar-refractivity contribution >= 4 is 0 Å². The van der Waals surface area contributed by atoms with Crippen LogP contribution in [-0.4, -0.2) is 22.2 Å². The van der Waals surface area contributed by atoms with Crippen molar-refractivity contribution in [2.24, 2.45) is 0 Å². The van der Waals surface area contributed by atoms with E-state index in [1.807, 2.05) is 50.4 Å². The Balaban J connectivity index is 1.76. The molecule has 2 aromatic carbocycles. The quantitative estimate of drug-likeness (QED) is 0.774. The molecule has 0 saturated carbocycles. The average Bonchev–Trinajstić information content (AvgIpc) is 2.95. The number of aromatic hydroxyl groups is 1. The molecule has 3 aromatic rings. The van der Waals surface area contributed by atoms with Gasteiger partial charge in [0.2, 0.25) is 0 Å². The third kappa shape index (κ3) is 3.79. The Hall–Kier alpha value is -2.59. The molecule has 0 fully saturated rings. The fourth-order valence-electron chi connectivity index (χ4n) is 2.63. The zero-order valence-electron chi connectivity index (χ0n) is 13.4. The summed E-state index contributed by atoms with van der Waals surface area (Å²) in [5, 5.41) is 14.0. The first kappa shape index (κ1) is 15.3. The fourth-order valence-corrected chi connectivity index (χ4v) is 2.63. The Kier molecular flexibility index (Phi) is 4.44. The summed E-state index contributed by atoms with van der Waals surface area (Å²) in [5.41, 5.74) is 4.01. The Labute approximate surface area is 136 Å². The van der Waals surface area contributed by atoms with Crippen LogP contribution in [0.2, 0.25) is 0 Å². The van der Waals surface area contributed by atoms with Crippen LogP contribution in [0, 0.1) is 6.92 Å². The molecule has 0 spiro atoms. The standard InChI is InChI=1S/C19H20N2O2/c1-14-10-18(23-20-14)13-21(2)12-17-11-16(8-9-19(17)22)15-6-4-3-5-7-15/h3-11,22H,12-13H2,1-2H3. The number of benzene rings is 2. The van der Waals surface area contributed by atoms with Gasteiger partial charge in [0.1, 0.15) is 5.75 Å².